The SMILES string of the molecule is Cc1ccccc1NC(=O)c1cnc2sc(N3CCOCC3)nn2c1=O. The minimum absolute atomic E-state index is 0.0374. The first kappa shape index (κ1) is 16.7. The molecule has 8 nitrogen and oxygen atoms in total. The first-order chi connectivity index (χ1) is 12.6. The Balaban J connectivity index is 1.66. The molecule has 0 spiro atoms. The van der Waals surface area contributed by atoms with E-state index in [2.05, 4.69) is 20.3 Å². The number of nitrogens with zero attached hydrogens (tertiary/aromatic N) is 4. The Morgan fingerprint density at radius 3 is 2.81 bits per heavy atom. The summed E-state index contributed by atoms with van der Waals surface area (Å²) in [4.78, 5) is 32.0. The van der Waals surface area contributed by atoms with Crippen LogP contribution in [0, 0.1) is 6.92 Å². The number of anilines is 2. The third-order valence-electron chi connectivity index (χ3n) is 4.20. The van der Waals surface area contributed by atoms with Gasteiger partial charge in [0.15, 0.2) is 0 Å². The standard InChI is InChI=1S/C17H17N5O3S/c1-11-4-2-3-5-13(11)19-14(23)12-10-18-16-22(15(12)24)20-17(26-16)21-6-8-25-9-7-21/h2-5,10H,6-9H2,1H3,(H,19,23). The molecule has 1 fully saturated rings. The fourth-order valence-electron chi connectivity index (χ4n) is 2.72. The van der Waals surface area contributed by atoms with Gasteiger partial charge in [-0.05, 0) is 18.6 Å². The van der Waals surface area contributed by atoms with Crippen LogP contribution in [-0.2, 0) is 4.74 Å². The Morgan fingerprint density at radius 1 is 1.27 bits per heavy atom. The molecule has 1 amide bonds. The van der Waals surface area contributed by atoms with Crippen molar-refractivity contribution in [1.29, 1.82) is 0 Å². The van der Waals surface area contributed by atoms with Crippen LogP contribution < -0.4 is 15.8 Å². The van der Waals surface area contributed by atoms with E-state index < -0.39 is 11.5 Å². The maximum Gasteiger partial charge on any atom is 0.288 e. The molecule has 0 radical (unpaired) electrons. The van der Waals surface area contributed by atoms with Gasteiger partial charge in [0, 0.05) is 25.0 Å². The zero-order valence-corrected chi connectivity index (χ0v) is 15.0. The molecule has 9 heteroatoms. The molecule has 0 atom stereocenters. The number of carbonyl (C=O) groups is 1. The molecule has 1 saturated heterocycles. The summed E-state index contributed by atoms with van der Waals surface area (Å²) < 4.78 is 6.53. The van der Waals surface area contributed by atoms with E-state index in [0.29, 0.717) is 29.0 Å². The minimum atomic E-state index is -0.493. The molecule has 0 aliphatic carbocycles. The molecule has 26 heavy (non-hydrogen) atoms. The fraction of sp³-hybridized carbons (Fsp3) is 0.294. The number of amides is 1. The number of para-hydroxylation sites is 1. The summed E-state index contributed by atoms with van der Waals surface area (Å²) in [5.41, 5.74) is 1.06. The summed E-state index contributed by atoms with van der Waals surface area (Å²) >= 11 is 1.32. The third-order valence-corrected chi connectivity index (χ3v) is 5.18. The highest BCUT2D eigenvalue weighted by molar-refractivity contribution is 7.20. The molecule has 134 valence electrons. The van der Waals surface area contributed by atoms with E-state index in [1.165, 1.54) is 22.0 Å². The second-order valence-electron chi connectivity index (χ2n) is 5.92. The number of fused-ring (bicyclic) bond motifs is 1. The highest BCUT2D eigenvalue weighted by Crippen LogP contribution is 2.22. The van der Waals surface area contributed by atoms with Crippen molar-refractivity contribution in [2.45, 2.75) is 6.92 Å². The highest BCUT2D eigenvalue weighted by atomic mass is 32.1. The van der Waals surface area contributed by atoms with Crippen LogP contribution in [0.5, 0.6) is 0 Å². The Morgan fingerprint density at radius 2 is 2.04 bits per heavy atom. The number of aromatic nitrogens is 3. The lowest BCUT2D eigenvalue weighted by atomic mass is 10.2. The molecule has 0 bridgehead atoms. The van der Waals surface area contributed by atoms with Gasteiger partial charge in [-0.15, -0.1) is 5.10 Å². The lowest BCUT2D eigenvalue weighted by Crippen LogP contribution is -2.36. The predicted molar refractivity (Wildman–Crippen MR) is 99.3 cm³/mol. The van der Waals surface area contributed by atoms with Gasteiger partial charge in [0.05, 0.1) is 13.2 Å². The van der Waals surface area contributed by atoms with E-state index in [0.717, 1.165) is 18.7 Å². The Hall–Kier alpha value is -2.78. The molecule has 0 saturated carbocycles. The number of rotatable bonds is 3. The van der Waals surface area contributed by atoms with Crippen LogP contribution in [0.4, 0.5) is 10.8 Å². The van der Waals surface area contributed by atoms with Crippen molar-refractivity contribution < 1.29 is 9.53 Å². The predicted octanol–water partition coefficient (Wildman–Crippen LogP) is 1.55. The van der Waals surface area contributed by atoms with E-state index >= 15 is 0 Å². The number of hydrogen-bond donors (Lipinski definition) is 1. The Kier molecular flexibility index (Phi) is 4.39. The van der Waals surface area contributed by atoms with Gasteiger partial charge in [-0.3, -0.25) is 9.59 Å². The zero-order valence-electron chi connectivity index (χ0n) is 14.1. The molecular weight excluding hydrogens is 354 g/mol. The average Bonchev–Trinajstić information content (AvgIpc) is 3.10. The van der Waals surface area contributed by atoms with E-state index in [-0.39, 0.29) is 5.56 Å². The largest absolute Gasteiger partial charge is 0.378 e. The number of aryl methyl sites for hydroxylation is 1. The molecule has 1 aromatic carbocycles. The van der Waals surface area contributed by atoms with Crippen molar-refractivity contribution in [3.63, 3.8) is 0 Å². The lowest BCUT2D eigenvalue weighted by molar-refractivity contribution is 0.102. The molecule has 1 aliphatic heterocycles. The number of benzene rings is 1. The van der Waals surface area contributed by atoms with Crippen molar-refractivity contribution in [3.8, 4) is 0 Å². The third kappa shape index (κ3) is 3.06. The van der Waals surface area contributed by atoms with Gasteiger partial charge in [0.2, 0.25) is 10.1 Å². The maximum absolute atomic E-state index is 12.7. The van der Waals surface area contributed by atoms with Crippen molar-refractivity contribution in [2.75, 3.05) is 36.5 Å². The lowest BCUT2D eigenvalue weighted by Gasteiger charge is -2.25. The first-order valence-electron chi connectivity index (χ1n) is 8.22. The quantitative estimate of drug-likeness (QED) is 0.751. The van der Waals surface area contributed by atoms with Gasteiger partial charge < -0.3 is 15.0 Å². The topological polar surface area (TPSA) is 88.8 Å². The van der Waals surface area contributed by atoms with E-state index in [4.69, 9.17) is 4.74 Å². The summed E-state index contributed by atoms with van der Waals surface area (Å²) in [6.45, 7) is 4.58. The number of hydrogen-bond acceptors (Lipinski definition) is 7. The van der Waals surface area contributed by atoms with Crippen LogP contribution in [0.1, 0.15) is 15.9 Å². The minimum Gasteiger partial charge on any atom is -0.378 e. The summed E-state index contributed by atoms with van der Waals surface area (Å²) in [6, 6.07) is 7.39. The zero-order chi connectivity index (χ0) is 18.1. The highest BCUT2D eigenvalue weighted by Gasteiger charge is 2.20. The molecule has 1 N–H and O–H groups in total. The van der Waals surface area contributed by atoms with Crippen molar-refractivity contribution in [3.05, 3.63) is 51.9 Å². The van der Waals surface area contributed by atoms with E-state index in [1.54, 1.807) is 6.07 Å². The molecule has 4 rings (SSSR count). The number of morpholine rings is 1. The molecule has 1 aliphatic rings. The molecule has 2 aromatic heterocycles. The van der Waals surface area contributed by atoms with Gasteiger partial charge in [0.1, 0.15) is 5.56 Å². The van der Waals surface area contributed by atoms with Gasteiger partial charge in [-0.2, -0.15) is 4.52 Å². The number of nitrogens with one attached hydrogen (secondary N) is 1. The van der Waals surface area contributed by atoms with Crippen molar-refractivity contribution in [1.82, 2.24) is 14.6 Å². The Labute approximate surface area is 153 Å². The molecule has 0 unspecified atom stereocenters. The summed E-state index contributed by atoms with van der Waals surface area (Å²) in [7, 11) is 0. The second-order valence-corrected chi connectivity index (χ2v) is 6.86. The van der Waals surface area contributed by atoms with Crippen LogP contribution in [0.2, 0.25) is 0 Å². The van der Waals surface area contributed by atoms with E-state index in [9.17, 15) is 9.59 Å². The van der Waals surface area contributed by atoms with Crippen molar-refractivity contribution in [2.24, 2.45) is 0 Å². The van der Waals surface area contributed by atoms with Crippen LogP contribution in [0.15, 0.2) is 35.3 Å². The molecular formula is C17H17N5O3S. The van der Waals surface area contributed by atoms with Gasteiger partial charge >= 0.3 is 0 Å². The van der Waals surface area contributed by atoms with Gasteiger partial charge in [-0.1, -0.05) is 29.5 Å². The maximum atomic E-state index is 12.7. The smallest absolute Gasteiger partial charge is 0.288 e. The Bertz CT molecular complexity index is 1020. The normalized spacial score (nSPS) is 14.6. The van der Waals surface area contributed by atoms with Crippen molar-refractivity contribution >= 4 is 33.0 Å². The van der Waals surface area contributed by atoms with Crippen LogP contribution in [0.25, 0.3) is 4.96 Å². The molecule has 3 heterocycles. The fourth-order valence-corrected chi connectivity index (χ4v) is 3.63. The van der Waals surface area contributed by atoms with Gasteiger partial charge in [-0.25, -0.2) is 4.98 Å². The average molecular weight is 371 g/mol. The summed E-state index contributed by atoms with van der Waals surface area (Å²) in [6.07, 6.45) is 1.31. The first-order valence-corrected chi connectivity index (χ1v) is 9.04. The number of ether oxygens (including phenoxy) is 1. The summed E-state index contributed by atoms with van der Waals surface area (Å²) in [5, 5.41) is 7.82. The molecule has 3 aromatic rings. The van der Waals surface area contributed by atoms with Gasteiger partial charge in [0.25, 0.3) is 11.5 Å². The van der Waals surface area contributed by atoms with E-state index in [1.807, 2.05) is 25.1 Å². The second kappa shape index (κ2) is 6.85. The van der Waals surface area contributed by atoms with Crippen LogP contribution >= 0.6 is 11.3 Å². The monoisotopic (exact) mass is 371 g/mol. The summed E-state index contributed by atoms with van der Waals surface area (Å²) in [5.74, 6) is -0.493. The van der Waals surface area contributed by atoms with Crippen LogP contribution in [-0.4, -0.2) is 46.8 Å². The number of carbonyl (C=O) groups excluding carboxylic acids is 1. The van der Waals surface area contributed by atoms with Crippen LogP contribution in [0.3, 0.4) is 0 Å².